The number of para-hydroxylation sites is 1. The molecule has 2 nitrogen and oxygen atoms in total. The molecular formula is C19H27NO. The molecule has 114 valence electrons. The van der Waals surface area contributed by atoms with E-state index in [-0.39, 0.29) is 11.0 Å². The fourth-order valence-corrected chi connectivity index (χ4v) is 3.55. The van der Waals surface area contributed by atoms with Crippen molar-refractivity contribution in [3.63, 3.8) is 0 Å². The fraction of sp³-hybridized carbons (Fsp3) is 0.579. The molecule has 0 amide bonds. The second-order valence-electron chi connectivity index (χ2n) is 8.27. The first-order valence-electron chi connectivity index (χ1n) is 7.93. The highest BCUT2D eigenvalue weighted by Gasteiger charge is 2.36. The molecule has 1 fully saturated rings. The largest absolute Gasteiger partial charge is 0.380 e. The molecule has 0 aliphatic carbocycles. The van der Waals surface area contributed by atoms with Gasteiger partial charge in [-0.3, -0.25) is 0 Å². The smallest absolute Gasteiger partial charge is 0.0571 e. The van der Waals surface area contributed by atoms with Gasteiger partial charge in [0.25, 0.3) is 0 Å². The Balaban J connectivity index is 2.42. The number of fused-ring (bicyclic) bond motifs is 1. The van der Waals surface area contributed by atoms with E-state index in [0.29, 0.717) is 5.92 Å². The van der Waals surface area contributed by atoms with Crippen LogP contribution < -0.4 is 0 Å². The minimum atomic E-state index is 0.0774. The summed E-state index contributed by atoms with van der Waals surface area (Å²) in [6.07, 6.45) is 0. The molecule has 3 rings (SSSR count). The number of benzene rings is 1. The lowest BCUT2D eigenvalue weighted by atomic mass is 9.81. The zero-order chi connectivity index (χ0) is 15.4. The lowest BCUT2D eigenvalue weighted by molar-refractivity contribution is 0.00359. The van der Waals surface area contributed by atoms with Gasteiger partial charge in [-0.15, -0.1) is 0 Å². The number of rotatable bonds is 1. The normalized spacial score (nSPS) is 17.2. The van der Waals surface area contributed by atoms with E-state index in [9.17, 15) is 0 Å². The van der Waals surface area contributed by atoms with Crippen LogP contribution in [0.4, 0.5) is 0 Å². The van der Waals surface area contributed by atoms with Crippen molar-refractivity contribution >= 4 is 10.9 Å². The van der Waals surface area contributed by atoms with E-state index in [1.165, 1.54) is 22.2 Å². The standard InChI is InChI=1S/C19H27NO/c1-18(2,3)16-14-9-7-8-10-15(14)20(19(4,5)6)17(16)13-11-21-12-13/h7-10,13H,11-12H2,1-6H3. The van der Waals surface area contributed by atoms with Crippen LogP contribution in [-0.4, -0.2) is 17.8 Å². The molecule has 0 spiro atoms. The summed E-state index contributed by atoms with van der Waals surface area (Å²) in [6.45, 7) is 15.6. The van der Waals surface area contributed by atoms with E-state index in [1.54, 1.807) is 0 Å². The van der Waals surface area contributed by atoms with Crippen molar-refractivity contribution in [2.45, 2.75) is 58.4 Å². The van der Waals surface area contributed by atoms with Crippen LogP contribution in [0.25, 0.3) is 10.9 Å². The maximum absolute atomic E-state index is 5.51. The maximum atomic E-state index is 5.51. The number of aromatic nitrogens is 1. The van der Waals surface area contributed by atoms with Crippen LogP contribution in [0.15, 0.2) is 24.3 Å². The van der Waals surface area contributed by atoms with Crippen LogP contribution in [0.2, 0.25) is 0 Å². The van der Waals surface area contributed by atoms with E-state index in [4.69, 9.17) is 4.74 Å². The predicted octanol–water partition coefficient (Wildman–Crippen LogP) is 4.81. The summed E-state index contributed by atoms with van der Waals surface area (Å²) >= 11 is 0. The predicted molar refractivity (Wildman–Crippen MR) is 89.2 cm³/mol. The van der Waals surface area contributed by atoms with Crippen molar-refractivity contribution in [1.29, 1.82) is 0 Å². The Labute approximate surface area is 128 Å². The molecule has 0 saturated carbocycles. The summed E-state index contributed by atoms with van der Waals surface area (Å²) in [4.78, 5) is 0. The van der Waals surface area contributed by atoms with E-state index in [1.807, 2.05) is 0 Å². The van der Waals surface area contributed by atoms with Gasteiger partial charge in [0.1, 0.15) is 0 Å². The summed E-state index contributed by atoms with van der Waals surface area (Å²) in [6, 6.07) is 8.85. The summed E-state index contributed by atoms with van der Waals surface area (Å²) in [5.74, 6) is 0.533. The molecule has 1 aromatic heterocycles. The van der Waals surface area contributed by atoms with Gasteiger partial charge in [-0.25, -0.2) is 0 Å². The van der Waals surface area contributed by atoms with Gasteiger partial charge in [0, 0.05) is 28.1 Å². The van der Waals surface area contributed by atoms with Crippen LogP contribution in [-0.2, 0) is 15.7 Å². The first-order chi connectivity index (χ1) is 9.71. The monoisotopic (exact) mass is 285 g/mol. The Morgan fingerprint density at radius 1 is 1.00 bits per heavy atom. The number of nitrogens with zero attached hydrogens (tertiary/aromatic N) is 1. The second-order valence-corrected chi connectivity index (χ2v) is 8.27. The van der Waals surface area contributed by atoms with Crippen molar-refractivity contribution in [3.8, 4) is 0 Å². The highest BCUT2D eigenvalue weighted by molar-refractivity contribution is 5.87. The van der Waals surface area contributed by atoms with Crippen LogP contribution >= 0.6 is 0 Å². The Hall–Kier alpha value is -1.28. The third-order valence-corrected chi connectivity index (χ3v) is 4.36. The van der Waals surface area contributed by atoms with Gasteiger partial charge >= 0.3 is 0 Å². The number of hydrogen-bond donors (Lipinski definition) is 0. The average molecular weight is 285 g/mol. The van der Waals surface area contributed by atoms with Gasteiger partial charge < -0.3 is 9.30 Å². The summed E-state index contributed by atoms with van der Waals surface area (Å²) < 4.78 is 8.06. The number of hydrogen-bond acceptors (Lipinski definition) is 1. The van der Waals surface area contributed by atoms with Crippen LogP contribution in [0.1, 0.15) is 58.7 Å². The molecule has 1 aliphatic rings. The van der Waals surface area contributed by atoms with E-state index in [0.717, 1.165) is 13.2 Å². The molecule has 2 heteroatoms. The molecule has 0 bridgehead atoms. The highest BCUT2D eigenvalue weighted by Crippen LogP contribution is 2.43. The quantitative estimate of drug-likeness (QED) is 0.733. The Kier molecular flexibility index (Phi) is 3.21. The molecule has 0 N–H and O–H groups in total. The molecular weight excluding hydrogens is 258 g/mol. The van der Waals surface area contributed by atoms with Crippen molar-refractivity contribution in [1.82, 2.24) is 4.57 Å². The van der Waals surface area contributed by atoms with E-state index >= 15 is 0 Å². The number of ether oxygens (including phenoxy) is 1. The van der Waals surface area contributed by atoms with E-state index < -0.39 is 0 Å². The van der Waals surface area contributed by atoms with Gasteiger partial charge in [0.2, 0.25) is 0 Å². The fourth-order valence-electron chi connectivity index (χ4n) is 3.55. The molecule has 0 unspecified atom stereocenters. The van der Waals surface area contributed by atoms with E-state index in [2.05, 4.69) is 70.4 Å². The summed E-state index contributed by atoms with van der Waals surface area (Å²) in [5, 5.41) is 1.40. The highest BCUT2D eigenvalue weighted by atomic mass is 16.5. The van der Waals surface area contributed by atoms with Crippen LogP contribution in [0.5, 0.6) is 0 Å². The molecule has 1 aromatic carbocycles. The molecule has 0 radical (unpaired) electrons. The minimum Gasteiger partial charge on any atom is -0.380 e. The lowest BCUT2D eigenvalue weighted by Gasteiger charge is -2.35. The van der Waals surface area contributed by atoms with Crippen molar-refractivity contribution in [3.05, 3.63) is 35.5 Å². The molecule has 1 aliphatic heterocycles. The third kappa shape index (κ3) is 2.30. The zero-order valence-electron chi connectivity index (χ0n) is 14.2. The van der Waals surface area contributed by atoms with Crippen molar-refractivity contribution < 1.29 is 4.74 Å². The lowest BCUT2D eigenvalue weighted by Crippen LogP contribution is -2.34. The van der Waals surface area contributed by atoms with Gasteiger partial charge in [-0.05, 0) is 37.8 Å². The average Bonchev–Trinajstić information content (AvgIpc) is 2.59. The SMILES string of the molecule is CC(C)(C)c1c(C2COC2)n(C(C)(C)C)c2ccccc12. The zero-order valence-corrected chi connectivity index (χ0v) is 14.2. The Bertz CT molecular complexity index is 612. The summed E-state index contributed by atoms with van der Waals surface area (Å²) in [7, 11) is 0. The molecule has 2 heterocycles. The second kappa shape index (κ2) is 4.61. The minimum absolute atomic E-state index is 0.0774. The molecule has 0 atom stereocenters. The van der Waals surface area contributed by atoms with Gasteiger partial charge in [0.15, 0.2) is 0 Å². The van der Waals surface area contributed by atoms with Crippen molar-refractivity contribution in [2.75, 3.05) is 13.2 Å². The van der Waals surface area contributed by atoms with Crippen LogP contribution in [0, 0.1) is 0 Å². The molecule has 2 aromatic rings. The first-order valence-corrected chi connectivity index (χ1v) is 7.93. The molecule has 21 heavy (non-hydrogen) atoms. The molecule has 1 saturated heterocycles. The topological polar surface area (TPSA) is 14.2 Å². The van der Waals surface area contributed by atoms with Gasteiger partial charge in [-0.1, -0.05) is 39.0 Å². The Morgan fingerprint density at radius 3 is 2.10 bits per heavy atom. The third-order valence-electron chi connectivity index (χ3n) is 4.36. The maximum Gasteiger partial charge on any atom is 0.0571 e. The first kappa shape index (κ1) is 14.6. The van der Waals surface area contributed by atoms with Crippen molar-refractivity contribution in [2.24, 2.45) is 0 Å². The van der Waals surface area contributed by atoms with Gasteiger partial charge in [-0.2, -0.15) is 0 Å². The summed E-state index contributed by atoms with van der Waals surface area (Å²) in [5.41, 5.74) is 4.57. The van der Waals surface area contributed by atoms with Gasteiger partial charge in [0.05, 0.1) is 13.2 Å². The Morgan fingerprint density at radius 2 is 1.62 bits per heavy atom. The van der Waals surface area contributed by atoms with Crippen LogP contribution in [0.3, 0.4) is 0 Å².